The van der Waals surface area contributed by atoms with Crippen LogP contribution in [0.5, 0.6) is 5.75 Å². The third-order valence-corrected chi connectivity index (χ3v) is 6.93. The number of aromatic nitrogens is 3. The predicted molar refractivity (Wildman–Crippen MR) is 133 cm³/mol. The molecule has 2 aliphatic heterocycles. The topological polar surface area (TPSA) is 127 Å². The van der Waals surface area contributed by atoms with Gasteiger partial charge in [-0.3, -0.25) is 4.79 Å². The molecule has 0 spiro atoms. The number of amides is 3. The van der Waals surface area contributed by atoms with Crippen LogP contribution in [0, 0.1) is 6.92 Å². The van der Waals surface area contributed by atoms with Gasteiger partial charge in [-0.15, -0.1) is 0 Å². The van der Waals surface area contributed by atoms with Gasteiger partial charge in [0, 0.05) is 49.9 Å². The Morgan fingerprint density at radius 3 is 2.80 bits per heavy atom. The number of urea groups is 1. The third kappa shape index (κ3) is 4.36. The van der Waals surface area contributed by atoms with E-state index in [-0.39, 0.29) is 18.0 Å². The SMILES string of the molecule is CCn1ncc2c(NC3CCN(C(N)=O)CC3)c(CNC(=O)c3cccc4c3OCC4)c(C)nc21. The van der Waals surface area contributed by atoms with Crippen molar-refractivity contribution in [1.29, 1.82) is 0 Å². The van der Waals surface area contributed by atoms with Gasteiger partial charge in [0.2, 0.25) is 0 Å². The first kappa shape index (κ1) is 22.9. The van der Waals surface area contributed by atoms with Crippen molar-refractivity contribution in [2.75, 3.05) is 25.0 Å². The van der Waals surface area contributed by atoms with E-state index < -0.39 is 0 Å². The molecule has 0 bridgehead atoms. The second-order valence-corrected chi connectivity index (χ2v) is 9.07. The summed E-state index contributed by atoms with van der Waals surface area (Å²) < 4.78 is 7.59. The number of nitrogens with one attached hydrogen (secondary N) is 2. The van der Waals surface area contributed by atoms with Crippen LogP contribution >= 0.6 is 0 Å². The lowest BCUT2D eigenvalue weighted by molar-refractivity contribution is 0.0947. The molecule has 0 aliphatic carbocycles. The summed E-state index contributed by atoms with van der Waals surface area (Å²) in [6.07, 6.45) is 4.22. The molecular weight excluding hydrogens is 446 g/mol. The summed E-state index contributed by atoms with van der Waals surface area (Å²) in [6.45, 7) is 6.84. The van der Waals surface area contributed by atoms with Gasteiger partial charge < -0.3 is 26.0 Å². The number of carbonyl (C=O) groups excluding carboxylic acids is 2. The second kappa shape index (κ2) is 9.44. The lowest BCUT2D eigenvalue weighted by Crippen LogP contribution is -2.44. The zero-order valence-corrected chi connectivity index (χ0v) is 20.1. The van der Waals surface area contributed by atoms with Crippen molar-refractivity contribution in [1.82, 2.24) is 25.0 Å². The molecule has 0 saturated carbocycles. The molecule has 3 aromatic rings. The largest absolute Gasteiger partial charge is 0.492 e. The quantitative estimate of drug-likeness (QED) is 0.501. The highest BCUT2D eigenvalue weighted by atomic mass is 16.5. The van der Waals surface area contributed by atoms with Gasteiger partial charge in [-0.05, 0) is 38.3 Å². The van der Waals surface area contributed by atoms with E-state index in [1.807, 2.05) is 36.9 Å². The molecule has 2 aromatic heterocycles. The molecule has 10 nitrogen and oxygen atoms in total. The fraction of sp³-hybridized carbons (Fsp3) is 0.440. The Hall–Kier alpha value is -3.82. The molecule has 1 fully saturated rings. The molecule has 1 aromatic carbocycles. The number of para-hydroxylation sites is 1. The number of nitrogens with two attached hydrogens (primary N) is 1. The Morgan fingerprint density at radius 1 is 1.26 bits per heavy atom. The number of piperidine rings is 1. The van der Waals surface area contributed by atoms with Crippen molar-refractivity contribution in [3.05, 3.63) is 46.8 Å². The number of primary amides is 1. The average molecular weight is 478 g/mol. The monoisotopic (exact) mass is 477 g/mol. The normalized spacial score (nSPS) is 15.7. The maximum absolute atomic E-state index is 13.1. The summed E-state index contributed by atoms with van der Waals surface area (Å²) in [6, 6.07) is 5.48. The number of pyridine rings is 1. The Kier molecular flexibility index (Phi) is 6.19. The minimum Gasteiger partial charge on any atom is -0.492 e. The van der Waals surface area contributed by atoms with Crippen LogP contribution < -0.4 is 21.1 Å². The van der Waals surface area contributed by atoms with E-state index in [0.717, 1.165) is 52.8 Å². The summed E-state index contributed by atoms with van der Waals surface area (Å²) >= 11 is 0. The Balaban J connectivity index is 1.42. The van der Waals surface area contributed by atoms with Crippen LogP contribution in [0.3, 0.4) is 0 Å². The third-order valence-electron chi connectivity index (χ3n) is 6.93. The van der Waals surface area contributed by atoms with E-state index >= 15 is 0 Å². The number of benzene rings is 1. The van der Waals surface area contributed by atoms with Crippen LogP contribution in [0.2, 0.25) is 0 Å². The number of carbonyl (C=O) groups is 2. The fourth-order valence-electron chi connectivity index (χ4n) is 4.96. The molecule has 4 N–H and O–H groups in total. The number of hydrogen-bond donors (Lipinski definition) is 3. The van der Waals surface area contributed by atoms with Gasteiger partial charge in [0.25, 0.3) is 5.91 Å². The van der Waals surface area contributed by atoms with Crippen LogP contribution in [0.4, 0.5) is 10.5 Å². The smallest absolute Gasteiger partial charge is 0.314 e. The van der Waals surface area contributed by atoms with Gasteiger partial charge in [-0.25, -0.2) is 14.5 Å². The van der Waals surface area contributed by atoms with Crippen molar-refractivity contribution in [2.24, 2.45) is 5.73 Å². The summed E-state index contributed by atoms with van der Waals surface area (Å²) in [5.41, 5.74) is 10.6. The van der Waals surface area contributed by atoms with Crippen LogP contribution in [0.25, 0.3) is 11.0 Å². The minimum atomic E-state index is -0.380. The zero-order chi connectivity index (χ0) is 24.5. The van der Waals surface area contributed by atoms with Crippen molar-refractivity contribution in [2.45, 2.75) is 52.2 Å². The molecular formula is C25H31N7O3. The number of rotatable bonds is 6. The van der Waals surface area contributed by atoms with Gasteiger partial charge in [-0.1, -0.05) is 12.1 Å². The Bertz CT molecular complexity index is 1280. The number of hydrogen-bond acceptors (Lipinski definition) is 6. The molecule has 10 heteroatoms. The molecule has 0 radical (unpaired) electrons. The minimum absolute atomic E-state index is 0.167. The lowest BCUT2D eigenvalue weighted by Gasteiger charge is -2.32. The second-order valence-electron chi connectivity index (χ2n) is 9.07. The van der Waals surface area contributed by atoms with E-state index in [1.54, 1.807) is 11.0 Å². The van der Waals surface area contributed by atoms with Gasteiger partial charge in [0.1, 0.15) is 5.75 Å². The van der Waals surface area contributed by atoms with E-state index in [9.17, 15) is 9.59 Å². The lowest BCUT2D eigenvalue weighted by atomic mass is 10.0. The molecule has 1 saturated heterocycles. The molecule has 4 heterocycles. The molecule has 2 aliphatic rings. The molecule has 35 heavy (non-hydrogen) atoms. The van der Waals surface area contributed by atoms with Crippen LogP contribution in [0.15, 0.2) is 24.4 Å². The van der Waals surface area contributed by atoms with Gasteiger partial charge in [-0.2, -0.15) is 5.10 Å². The number of aryl methyl sites for hydroxylation is 2. The summed E-state index contributed by atoms with van der Waals surface area (Å²) in [7, 11) is 0. The first-order valence-corrected chi connectivity index (χ1v) is 12.1. The maximum Gasteiger partial charge on any atom is 0.314 e. The Labute approximate surface area is 203 Å². The van der Waals surface area contributed by atoms with E-state index in [0.29, 0.717) is 44.1 Å². The Morgan fingerprint density at radius 2 is 2.06 bits per heavy atom. The maximum atomic E-state index is 13.1. The number of ether oxygens (including phenoxy) is 1. The van der Waals surface area contributed by atoms with Crippen LogP contribution in [-0.2, 0) is 19.5 Å². The summed E-state index contributed by atoms with van der Waals surface area (Å²) in [4.78, 5) is 31.1. The van der Waals surface area contributed by atoms with Gasteiger partial charge in [0.05, 0.1) is 29.4 Å². The van der Waals surface area contributed by atoms with Crippen molar-refractivity contribution in [3.8, 4) is 5.75 Å². The molecule has 184 valence electrons. The highest BCUT2D eigenvalue weighted by molar-refractivity contribution is 5.98. The first-order valence-electron chi connectivity index (χ1n) is 12.1. The van der Waals surface area contributed by atoms with E-state index in [4.69, 9.17) is 15.5 Å². The number of nitrogens with zero attached hydrogens (tertiary/aromatic N) is 4. The number of anilines is 1. The van der Waals surface area contributed by atoms with Crippen molar-refractivity contribution >= 4 is 28.7 Å². The zero-order valence-electron chi connectivity index (χ0n) is 20.1. The van der Waals surface area contributed by atoms with Crippen LogP contribution in [-0.4, -0.2) is 57.3 Å². The summed E-state index contributed by atoms with van der Waals surface area (Å²) in [5.74, 6) is 0.507. The van der Waals surface area contributed by atoms with Crippen molar-refractivity contribution in [3.63, 3.8) is 0 Å². The average Bonchev–Trinajstić information content (AvgIpc) is 3.50. The molecule has 3 amide bonds. The molecule has 5 rings (SSSR count). The highest BCUT2D eigenvalue weighted by Gasteiger charge is 2.25. The van der Waals surface area contributed by atoms with Crippen molar-refractivity contribution < 1.29 is 14.3 Å². The standard InChI is InChI=1S/C25H31N7O3/c1-3-32-23-20(14-28-32)21(30-17-7-10-31(11-8-17)25(26)34)19(15(2)29-23)13-27-24(33)18-6-4-5-16-9-12-35-22(16)18/h4-6,14,17H,3,7-13H2,1-2H3,(H2,26,34)(H,27,33)(H,29,30). The first-order chi connectivity index (χ1) is 17.0. The van der Waals surface area contributed by atoms with E-state index in [1.165, 1.54) is 0 Å². The van der Waals surface area contributed by atoms with Gasteiger partial charge in [0.15, 0.2) is 5.65 Å². The van der Waals surface area contributed by atoms with Crippen LogP contribution in [0.1, 0.15) is 46.9 Å². The highest BCUT2D eigenvalue weighted by Crippen LogP contribution is 2.32. The predicted octanol–water partition coefficient (Wildman–Crippen LogP) is 2.58. The molecule has 0 unspecified atom stereocenters. The molecule has 0 atom stereocenters. The number of likely N-dealkylation sites (tertiary alicyclic amines) is 1. The van der Waals surface area contributed by atoms with Gasteiger partial charge >= 0.3 is 6.03 Å². The fourth-order valence-corrected chi connectivity index (χ4v) is 4.96. The van der Waals surface area contributed by atoms with E-state index in [2.05, 4.69) is 15.7 Å². The number of fused-ring (bicyclic) bond motifs is 2. The summed E-state index contributed by atoms with van der Waals surface area (Å²) in [5, 5.41) is 12.2.